The first-order valence-corrected chi connectivity index (χ1v) is 18.5. The second kappa shape index (κ2) is 17.0. The normalized spacial score (nSPS) is 16.4. The van der Waals surface area contributed by atoms with Crippen LogP contribution in [-0.2, 0) is 0 Å². The van der Waals surface area contributed by atoms with Crippen molar-refractivity contribution in [3.05, 3.63) is 163 Å². The molecule has 8 nitrogen and oxygen atoms in total. The van der Waals surface area contributed by atoms with Crippen LogP contribution in [0.4, 0.5) is 21.0 Å². The number of hydrazone groups is 2. The maximum Gasteiger partial charge on any atom is 0.342 e. The molecule has 5 aromatic rings. The number of hydrogen-bond donors (Lipinski definition) is 2. The van der Waals surface area contributed by atoms with Crippen molar-refractivity contribution in [1.29, 1.82) is 0 Å². The van der Waals surface area contributed by atoms with Gasteiger partial charge >= 0.3 is 12.1 Å². The molecule has 2 atom stereocenters. The van der Waals surface area contributed by atoms with E-state index >= 15 is 0 Å². The van der Waals surface area contributed by atoms with E-state index in [2.05, 4.69) is 43.7 Å². The first-order valence-electron chi connectivity index (χ1n) is 16.2. The molecular weight excluding hydrogens is 806 g/mol. The first-order chi connectivity index (χ1) is 25.0. The molecule has 0 radical (unpaired) electrons. The minimum Gasteiger partial charge on any atom is -0.306 e. The van der Waals surface area contributed by atoms with Crippen LogP contribution in [0.25, 0.3) is 0 Å². The molecule has 4 amide bonds. The fourth-order valence-electron chi connectivity index (χ4n) is 5.64. The number of amides is 4. The van der Waals surface area contributed by atoms with Crippen molar-refractivity contribution < 1.29 is 9.59 Å². The zero-order valence-corrected chi connectivity index (χ0v) is 32.2. The highest BCUT2D eigenvalue weighted by Gasteiger charge is 2.33. The van der Waals surface area contributed by atoms with E-state index in [4.69, 9.17) is 46.4 Å². The van der Waals surface area contributed by atoms with Gasteiger partial charge in [-0.2, -0.15) is 10.2 Å². The Morgan fingerprint density at radius 2 is 1.15 bits per heavy atom. The van der Waals surface area contributed by atoms with E-state index in [1.54, 1.807) is 60.7 Å². The van der Waals surface area contributed by atoms with Crippen LogP contribution < -0.4 is 10.6 Å². The van der Waals surface area contributed by atoms with Crippen molar-refractivity contribution in [2.75, 3.05) is 23.7 Å². The second-order valence-electron chi connectivity index (χ2n) is 12.0. The van der Waals surface area contributed by atoms with Crippen LogP contribution in [0.1, 0.15) is 29.5 Å². The summed E-state index contributed by atoms with van der Waals surface area (Å²) in [5, 5.41) is 19.8. The first kappa shape index (κ1) is 37.4. The lowest BCUT2D eigenvalue weighted by Gasteiger charge is -2.16. The maximum absolute atomic E-state index is 12.8. The summed E-state index contributed by atoms with van der Waals surface area (Å²) in [6, 6.07) is 36.6. The number of hydrogen-bond acceptors (Lipinski definition) is 4. The Balaban J connectivity index is 0.000000183. The van der Waals surface area contributed by atoms with Crippen molar-refractivity contribution in [2.45, 2.75) is 12.8 Å². The topological polar surface area (TPSA) is 89.4 Å². The Morgan fingerprint density at radius 3 is 1.71 bits per heavy atom. The van der Waals surface area contributed by atoms with Gasteiger partial charge in [0, 0.05) is 43.3 Å². The number of nitrogens with one attached hydrogen (secondary N) is 2. The Hall–Kier alpha value is -4.38. The average Bonchev–Trinajstić information content (AvgIpc) is 3.77. The lowest BCUT2D eigenvalue weighted by Crippen LogP contribution is -2.30. The minimum atomic E-state index is -0.316. The van der Waals surface area contributed by atoms with Gasteiger partial charge in [-0.25, -0.2) is 19.6 Å². The lowest BCUT2D eigenvalue weighted by molar-refractivity contribution is 0.216. The van der Waals surface area contributed by atoms with Crippen molar-refractivity contribution in [1.82, 2.24) is 10.0 Å². The van der Waals surface area contributed by atoms with Crippen LogP contribution in [0.15, 0.2) is 136 Å². The molecule has 0 saturated heterocycles. The number of benzene rings is 5. The van der Waals surface area contributed by atoms with E-state index in [9.17, 15) is 9.59 Å². The quantitative estimate of drug-likeness (QED) is 0.185. The molecule has 13 heteroatoms. The molecular formula is C39H31BrCl4N6O2. The summed E-state index contributed by atoms with van der Waals surface area (Å²) in [6.45, 7) is 3.04. The number of anilines is 2. The summed E-state index contributed by atoms with van der Waals surface area (Å²) >= 11 is 27.5. The summed E-state index contributed by atoms with van der Waals surface area (Å²) in [4.78, 5) is 25.1. The number of nitrogens with zero attached hydrogens (tertiary/aromatic N) is 4. The molecule has 0 fully saturated rings. The largest absolute Gasteiger partial charge is 0.342 e. The second-order valence-corrected chi connectivity index (χ2v) is 14.6. The molecule has 0 bridgehead atoms. The van der Waals surface area contributed by atoms with Crippen molar-refractivity contribution in [3.8, 4) is 0 Å². The van der Waals surface area contributed by atoms with Crippen LogP contribution in [0.5, 0.6) is 0 Å². The van der Waals surface area contributed by atoms with Gasteiger partial charge in [-0.15, -0.1) is 0 Å². The number of rotatable bonds is 5. The van der Waals surface area contributed by atoms with Gasteiger partial charge in [-0.05, 0) is 83.9 Å². The number of halogens is 5. The van der Waals surface area contributed by atoms with Gasteiger partial charge < -0.3 is 10.6 Å². The van der Waals surface area contributed by atoms with Crippen molar-refractivity contribution in [2.24, 2.45) is 16.1 Å². The van der Waals surface area contributed by atoms with Crippen molar-refractivity contribution in [3.63, 3.8) is 0 Å². The highest BCUT2D eigenvalue weighted by Crippen LogP contribution is 2.32. The molecule has 0 saturated carbocycles. The molecule has 2 N–H and O–H groups in total. The van der Waals surface area contributed by atoms with Gasteiger partial charge in [0.15, 0.2) is 0 Å². The highest BCUT2D eigenvalue weighted by molar-refractivity contribution is 9.10. The van der Waals surface area contributed by atoms with Crippen molar-refractivity contribution >= 4 is 97.2 Å². The zero-order chi connectivity index (χ0) is 36.8. The maximum atomic E-state index is 12.8. The predicted molar refractivity (Wildman–Crippen MR) is 216 cm³/mol. The smallest absolute Gasteiger partial charge is 0.306 e. The van der Waals surface area contributed by atoms with Gasteiger partial charge in [-0.3, -0.25) is 0 Å². The molecule has 2 unspecified atom stereocenters. The molecule has 2 heterocycles. The summed E-state index contributed by atoms with van der Waals surface area (Å²) in [6.07, 6.45) is 0. The predicted octanol–water partition coefficient (Wildman–Crippen LogP) is 11.7. The van der Waals surface area contributed by atoms with E-state index in [-0.39, 0.29) is 23.9 Å². The Labute approximate surface area is 330 Å². The third-order valence-corrected chi connectivity index (χ3v) is 10.0. The molecule has 2 aliphatic rings. The SMILES string of the molecule is CC1CN(C(=O)Nc2ccc(Cl)cc2)N=C1c1ccc(Br)cc1.O=C(Nc1ccc(Cl)cc1)N1CC(c2ccccc2)C(c2ccc(Cl)c(Cl)c2)=N1. The van der Waals surface area contributed by atoms with Crippen LogP contribution in [0.2, 0.25) is 20.1 Å². The van der Waals surface area contributed by atoms with Crippen LogP contribution in [-0.4, -0.2) is 46.6 Å². The van der Waals surface area contributed by atoms with E-state index in [1.165, 1.54) is 10.0 Å². The number of carbonyl (C=O) groups excluding carboxylic acids is 2. The lowest BCUT2D eigenvalue weighted by atomic mass is 9.91. The van der Waals surface area contributed by atoms with Crippen LogP contribution >= 0.6 is 62.3 Å². The number of urea groups is 2. The van der Waals surface area contributed by atoms with Gasteiger partial charge in [0.25, 0.3) is 0 Å². The summed E-state index contributed by atoms with van der Waals surface area (Å²) in [7, 11) is 0. The summed E-state index contributed by atoms with van der Waals surface area (Å²) in [5.41, 5.74) is 5.95. The fraction of sp³-hybridized carbons (Fsp3) is 0.128. The average molecular weight is 837 g/mol. The zero-order valence-electron chi connectivity index (χ0n) is 27.6. The molecule has 5 aromatic carbocycles. The van der Waals surface area contributed by atoms with Crippen LogP contribution in [0, 0.1) is 5.92 Å². The van der Waals surface area contributed by atoms with Gasteiger partial charge in [-0.1, -0.05) is 118 Å². The van der Waals surface area contributed by atoms with Gasteiger partial charge in [0.05, 0.1) is 34.6 Å². The van der Waals surface area contributed by atoms with Gasteiger partial charge in [0.2, 0.25) is 0 Å². The molecule has 7 rings (SSSR count). The third kappa shape index (κ3) is 9.34. The van der Waals surface area contributed by atoms with E-state index in [0.29, 0.717) is 44.6 Å². The van der Waals surface area contributed by atoms with E-state index < -0.39 is 0 Å². The van der Waals surface area contributed by atoms with E-state index in [0.717, 1.165) is 32.6 Å². The van der Waals surface area contributed by atoms with E-state index in [1.807, 2.05) is 60.7 Å². The third-order valence-electron chi connectivity index (χ3n) is 8.27. The standard InChI is InChI=1S/C22H16Cl3N3O.C17H15BrClN3O/c23-16-7-9-17(10-8-16)26-22(29)28-13-18(14-4-2-1-3-5-14)21(27-28)15-6-11-19(24)20(25)12-15;1-11-10-22(17(23)20-15-8-6-14(19)7-9-15)21-16(11)12-2-4-13(18)5-3-12/h1-12,18H,13H2,(H,26,29);2-9,11H,10H2,1H3,(H,20,23). The molecule has 52 heavy (non-hydrogen) atoms. The monoisotopic (exact) mass is 834 g/mol. The highest BCUT2D eigenvalue weighted by atomic mass is 79.9. The Bertz CT molecular complexity index is 2110. The fourth-order valence-corrected chi connectivity index (χ4v) is 6.45. The number of carbonyl (C=O) groups is 2. The summed E-state index contributed by atoms with van der Waals surface area (Å²) < 4.78 is 1.02. The van der Waals surface area contributed by atoms with Crippen LogP contribution in [0.3, 0.4) is 0 Å². The minimum absolute atomic E-state index is 0.0793. The van der Waals surface area contributed by atoms with Gasteiger partial charge in [0.1, 0.15) is 0 Å². The Morgan fingerprint density at radius 1 is 0.635 bits per heavy atom. The summed E-state index contributed by atoms with van der Waals surface area (Å²) in [5.74, 6) is 0.108. The molecule has 0 spiro atoms. The molecule has 0 aromatic heterocycles. The molecule has 264 valence electrons. The molecule has 0 aliphatic carbocycles. The Kier molecular flexibility index (Phi) is 12.2. The molecule has 2 aliphatic heterocycles.